The summed E-state index contributed by atoms with van der Waals surface area (Å²) in [5.74, 6) is 0.444. The lowest BCUT2D eigenvalue weighted by molar-refractivity contribution is -0.121. The van der Waals surface area contributed by atoms with Crippen LogP contribution in [0.25, 0.3) is 0 Å². The third kappa shape index (κ3) is 12.4. The number of methoxy groups -OCH3 is 1. The fraction of sp³-hybridized carbons (Fsp3) is 0.396. The molecule has 4 aliphatic rings. The summed E-state index contributed by atoms with van der Waals surface area (Å²) < 4.78 is 45.8. The van der Waals surface area contributed by atoms with E-state index < -0.39 is 23.2 Å². The molecule has 0 radical (unpaired) electrons. The molecule has 8 rings (SSSR count). The SMILES string of the molecule is CC#N.CCOc1cc(CN2C(=O)c3cnc(N4CCCCC4)cc3C2=O)ccc1OC.CNc1cc(Oc2ccc(CN3CCCC(F)(P)C3)cc2)c(F)cc1C(=N)N1CCC(=O)NC1=O. The number of pyridine rings is 1. The van der Waals surface area contributed by atoms with Crippen LogP contribution in [0.1, 0.15) is 89.8 Å². The van der Waals surface area contributed by atoms with Crippen LogP contribution < -0.4 is 29.7 Å². The number of nitrogens with one attached hydrogen (secondary N) is 3. The topological polar surface area (TPSA) is 194 Å². The van der Waals surface area contributed by atoms with Gasteiger partial charge in [0.05, 0.1) is 37.5 Å². The Kier molecular flexibility index (Phi) is 16.8. The average Bonchev–Trinajstić information content (AvgIpc) is 3.54. The number of amidine groups is 1. The molecule has 4 aromatic rings. The van der Waals surface area contributed by atoms with E-state index in [1.165, 1.54) is 24.3 Å². The van der Waals surface area contributed by atoms with Crippen molar-refractivity contribution in [3.63, 3.8) is 0 Å². The number of aromatic nitrogens is 1. The Labute approximate surface area is 391 Å². The lowest BCUT2D eigenvalue weighted by Crippen LogP contribution is -2.52. The van der Waals surface area contributed by atoms with Crippen LogP contribution in [0.15, 0.2) is 66.9 Å². The number of hydrogen-bond acceptors (Lipinski definition) is 13. The second-order valence-corrected chi connectivity index (χ2v) is 17.3. The molecule has 3 fully saturated rings. The molecule has 0 aliphatic carbocycles. The number of nitriles is 1. The van der Waals surface area contributed by atoms with E-state index in [-0.39, 0.29) is 48.5 Å². The number of piperidine rings is 2. The van der Waals surface area contributed by atoms with Crippen molar-refractivity contribution in [2.45, 2.75) is 70.9 Å². The number of imide groups is 2. The monoisotopic (exact) mass is 939 g/mol. The van der Waals surface area contributed by atoms with Gasteiger partial charge in [0.15, 0.2) is 23.1 Å². The van der Waals surface area contributed by atoms with E-state index in [2.05, 4.69) is 34.7 Å². The molecule has 0 saturated carbocycles. The molecule has 2 atom stereocenters. The molecule has 0 spiro atoms. The van der Waals surface area contributed by atoms with Crippen LogP contribution >= 0.6 is 9.24 Å². The van der Waals surface area contributed by atoms with E-state index in [0.717, 1.165) is 66.8 Å². The number of nitrogens with zero attached hydrogens (tertiary/aromatic N) is 6. The Hall–Kier alpha value is -6.70. The number of anilines is 2. The van der Waals surface area contributed by atoms with Gasteiger partial charge in [-0.15, -0.1) is 0 Å². The summed E-state index contributed by atoms with van der Waals surface area (Å²) in [5, 5.41) is 19.5. The van der Waals surface area contributed by atoms with E-state index in [9.17, 15) is 28.0 Å². The number of halogens is 2. The van der Waals surface area contributed by atoms with Gasteiger partial charge in [-0.3, -0.25) is 39.8 Å². The van der Waals surface area contributed by atoms with Crippen molar-refractivity contribution in [2.24, 2.45) is 0 Å². The lowest BCUT2D eigenvalue weighted by Gasteiger charge is -2.34. The summed E-state index contributed by atoms with van der Waals surface area (Å²) in [7, 11) is 5.50. The highest BCUT2D eigenvalue weighted by Crippen LogP contribution is 2.35. The summed E-state index contributed by atoms with van der Waals surface area (Å²) in [5.41, 5.74) is 3.16. The van der Waals surface area contributed by atoms with E-state index in [1.54, 1.807) is 50.7 Å². The standard InChI is InChI=1S/C24H28F2N5O3P.C22H25N3O4.C2H3N/c1-28-19-12-20(18(25)11-17(19)22(27)31-10-7-21(32)29-23(31)33)34-16-5-3-15(4-6-16)13-30-9-2-8-24(26,35)14-30;1-3-29-19-11-15(7-8-18(19)28-2)14-25-21(26)16-12-20(23-13-17(16)22(25)27)24-9-5-4-6-10-24;1-2-3/h3-6,11-12,27-28H,2,7-10,13-14,35H2,1H3,(H,29,32,33);7-8,11-13H,3-6,9-10,14H2,1-2H3;1H3. The van der Waals surface area contributed by atoms with Crippen LogP contribution in [0.2, 0.25) is 0 Å². The van der Waals surface area contributed by atoms with Crippen molar-refractivity contribution >= 4 is 50.3 Å². The molecule has 354 valence electrons. The van der Waals surface area contributed by atoms with Gasteiger partial charge in [-0.1, -0.05) is 27.4 Å². The highest BCUT2D eigenvalue weighted by atomic mass is 31.0. The number of carbonyl (C=O) groups excluding carboxylic acids is 4. The van der Waals surface area contributed by atoms with Crippen molar-refractivity contribution in [1.82, 2.24) is 25.0 Å². The first-order valence-electron chi connectivity index (χ1n) is 22.1. The Bertz CT molecular complexity index is 2510. The van der Waals surface area contributed by atoms with Crippen LogP contribution in [-0.4, -0.2) is 108 Å². The summed E-state index contributed by atoms with van der Waals surface area (Å²) >= 11 is 0. The van der Waals surface area contributed by atoms with Crippen molar-refractivity contribution in [2.75, 3.05) is 63.7 Å². The highest BCUT2D eigenvalue weighted by Gasteiger charge is 2.37. The van der Waals surface area contributed by atoms with E-state index >= 15 is 0 Å². The third-order valence-electron chi connectivity index (χ3n) is 11.4. The molecule has 2 unspecified atom stereocenters. The zero-order valence-electron chi connectivity index (χ0n) is 38.1. The number of ether oxygens (including phenoxy) is 3. The minimum Gasteiger partial charge on any atom is -0.493 e. The maximum atomic E-state index is 14.9. The second-order valence-electron chi connectivity index (χ2n) is 16.3. The van der Waals surface area contributed by atoms with Crippen molar-refractivity contribution in [3.05, 3.63) is 100 Å². The molecule has 5 heterocycles. The molecule has 5 amide bonds. The zero-order chi connectivity index (χ0) is 48.3. The molecule has 19 heteroatoms. The molecule has 0 bridgehead atoms. The normalized spacial score (nSPS) is 18.1. The van der Waals surface area contributed by atoms with Crippen LogP contribution in [0, 0.1) is 22.6 Å². The number of alkyl halides is 1. The first-order valence-corrected chi connectivity index (χ1v) is 22.7. The first kappa shape index (κ1) is 49.7. The minimum absolute atomic E-state index is 0.0414. The van der Waals surface area contributed by atoms with E-state index in [4.69, 9.17) is 24.9 Å². The summed E-state index contributed by atoms with van der Waals surface area (Å²) in [6.45, 7) is 7.73. The number of fused-ring (bicyclic) bond motifs is 1. The molecule has 3 aromatic carbocycles. The van der Waals surface area contributed by atoms with Crippen LogP contribution in [0.3, 0.4) is 0 Å². The van der Waals surface area contributed by atoms with Crippen LogP contribution in [0.4, 0.5) is 25.1 Å². The Morgan fingerprint density at radius 2 is 1.63 bits per heavy atom. The molecule has 67 heavy (non-hydrogen) atoms. The number of carbonyl (C=O) groups is 4. The molecular weight excluding hydrogens is 884 g/mol. The van der Waals surface area contributed by atoms with Gasteiger partial charge in [0, 0.05) is 76.6 Å². The van der Waals surface area contributed by atoms with Gasteiger partial charge in [-0.05, 0) is 93.1 Å². The summed E-state index contributed by atoms with van der Waals surface area (Å²) in [6.07, 6.45) is 6.42. The van der Waals surface area contributed by atoms with Gasteiger partial charge < -0.3 is 24.4 Å². The van der Waals surface area contributed by atoms with Crippen LogP contribution in [-0.2, 0) is 17.9 Å². The quantitative estimate of drug-likeness (QED) is 0.0540. The maximum absolute atomic E-state index is 14.9. The Balaban J connectivity index is 0.000000212. The molecule has 3 N–H and O–H groups in total. The molecule has 4 aliphatic heterocycles. The van der Waals surface area contributed by atoms with Gasteiger partial charge in [0.1, 0.15) is 22.8 Å². The highest BCUT2D eigenvalue weighted by molar-refractivity contribution is 7.18. The summed E-state index contributed by atoms with van der Waals surface area (Å²) in [4.78, 5) is 60.3. The average molecular weight is 940 g/mol. The van der Waals surface area contributed by atoms with E-state index in [1.807, 2.05) is 31.2 Å². The predicted molar refractivity (Wildman–Crippen MR) is 252 cm³/mol. The van der Waals surface area contributed by atoms with Crippen molar-refractivity contribution < 1.29 is 42.2 Å². The number of hydrogen-bond donors (Lipinski definition) is 3. The number of amides is 5. The lowest BCUT2D eigenvalue weighted by atomic mass is 10.1. The number of benzene rings is 3. The van der Waals surface area contributed by atoms with Crippen molar-refractivity contribution in [3.8, 4) is 29.1 Å². The maximum Gasteiger partial charge on any atom is 0.329 e. The smallest absolute Gasteiger partial charge is 0.329 e. The van der Waals surface area contributed by atoms with Crippen LogP contribution in [0.5, 0.6) is 23.0 Å². The fourth-order valence-electron chi connectivity index (χ4n) is 8.15. The van der Waals surface area contributed by atoms with Gasteiger partial charge in [0.2, 0.25) is 5.91 Å². The van der Waals surface area contributed by atoms with Gasteiger partial charge >= 0.3 is 6.03 Å². The molecule has 16 nitrogen and oxygen atoms in total. The zero-order valence-corrected chi connectivity index (χ0v) is 39.3. The van der Waals surface area contributed by atoms with Gasteiger partial charge in [-0.2, -0.15) is 5.26 Å². The second kappa shape index (κ2) is 22.7. The van der Waals surface area contributed by atoms with E-state index in [0.29, 0.717) is 60.2 Å². The molecular formula is C48H56F2N9O7P. The minimum atomic E-state index is -1.25. The van der Waals surface area contributed by atoms with Gasteiger partial charge in [0.25, 0.3) is 11.8 Å². The fourth-order valence-corrected chi connectivity index (χ4v) is 8.61. The van der Waals surface area contributed by atoms with Crippen molar-refractivity contribution in [1.29, 1.82) is 10.7 Å². The molecule has 3 saturated heterocycles. The third-order valence-corrected chi connectivity index (χ3v) is 11.9. The number of likely N-dealkylation sites (tertiary alicyclic amines) is 1. The molecule has 1 aromatic heterocycles. The largest absolute Gasteiger partial charge is 0.493 e. The van der Waals surface area contributed by atoms with Gasteiger partial charge in [-0.25, -0.2) is 18.6 Å². The Morgan fingerprint density at radius 3 is 2.28 bits per heavy atom. The number of rotatable bonds is 12. The number of urea groups is 1. The predicted octanol–water partition coefficient (Wildman–Crippen LogP) is 7.87. The first-order chi connectivity index (χ1) is 32.2. The Morgan fingerprint density at radius 1 is 0.925 bits per heavy atom. The summed E-state index contributed by atoms with van der Waals surface area (Å²) in [6, 6.07) is 18.0.